The first-order chi connectivity index (χ1) is 9.69. The Hall–Kier alpha value is -1.81. The highest BCUT2D eigenvalue weighted by Gasteiger charge is 2.09. The van der Waals surface area contributed by atoms with Crippen molar-refractivity contribution < 1.29 is 4.79 Å². The van der Waals surface area contributed by atoms with Gasteiger partial charge in [0.15, 0.2) is 0 Å². The number of nitrogens with zero attached hydrogens (tertiary/aromatic N) is 1. The zero-order chi connectivity index (χ0) is 14.4. The first kappa shape index (κ1) is 14.6. The standard InChI is InChI=1S/C16H20N2OS/c1-3-13-6-8-14(9-7-13)17-11-16(19)18(2)12-15-5-4-10-20-15/h4-10,17H,3,11-12H2,1-2H3. The number of anilines is 1. The van der Waals surface area contributed by atoms with Crippen molar-refractivity contribution >= 4 is 22.9 Å². The fourth-order valence-corrected chi connectivity index (χ4v) is 2.65. The second-order valence-electron chi connectivity index (χ2n) is 4.73. The molecule has 0 aliphatic heterocycles. The normalized spacial score (nSPS) is 10.3. The highest BCUT2D eigenvalue weighted by molar-refractivity contribution is 7.09. The smallest absolute Gasteiger partial charge is 0.241 e. The number of hydrogen-bond acceptors (Lipinski definition) is 3. The van der Waals surface area contributed by atoms with E-state index in [-0.39, 0.29) is 5.91 Å². The maximum absolute atomic E-state index is 12.0. The first-order valence-corrected chi connectivity index (χ1v) is 7.66. The Bertz CT molecular complexity index is 534. The average Bonchev–Trinajstić information content (AvgIpc) is 2.98. The van der Waals surface area contributed by atoms with Crippen LogP contribution in [0.25, 0.3) is 0 Å². The maximum Gasteiger partial charge on any atom is 0.241 e. The molecule has 1 N–H and O–H groups in total. The van der Waals surface area contributed by atoms with E-state index < -0.39 is 0 Å². The lowest BCUT2D eigenvalue weighted by Gasteiger charge is -2.17. The molecule has 2 aromatic rings. The topological polar surface area (TPSA) is 32.3 Å². The average molecular weight is 288 g/mol. The third-order valence-electron chi connectivity index (χ3n) is 3.20. The van der Waals surface area contributed by atoms with E-state index in [1.807, 2.05) is 36.7 Å². The van der Waals surface area contributed by atoms with Crippen molar-refractivity contribution in [3.63, 3.8) is 0 Å². The number of benzene rings is 1. The van der Waals surface area contributed by atoms with Gasteiger partial charge in [-0.1, -0.05) is 25.1 Å². The van der Waals surface area contributed by atoms with Crippen LogP contribution in [0.1, 0.15) is 17.4 Å². The molecule has 0 bridgehead atoms. The van der Waals surface area contributed by atoms with Crippen LogP contribution in [0.3, 0.4) is 0 Å². The summed E-state index contributed by atoms with van der Waals surface area (Å²) in [5, 5.41) is 5.20. The zero-order valence-corrected chi connectivity index (χ0v) is 12.7. The summed E-state index contributed by atoms with van der Waals surface area (Å²) < 4.78 is 0. The van der Waals surface area contributed by atoms with E-state index in [0.717, 1.165) is 12.1 Å². The molecule has 1 aromatic carbocycles. The number of carbonyl (C=O) groups excluding carboxylic acids is 1. The van der Waals surface area contributed by atoms with Crippen LogP contribution in [-0.2, 0) is 17.8 Å². The lowest BCUT2D eigenvalue weighted by atomic mass is 10.1. The van der Waals surface area contributed by atoms with Gasteiger partial charge < -0.3 is 10.2 Å². The molecule has 1 heterocycles. The maximum atomic E-state index is 12.0. The third-order valence-corrected chi connectivity index (χ3v) is 4.07. The number of thiophene rings is 1. The van der Waals surface area contributed by atoms with Gasteiger partial charge in [0.2, 0.25) is 5.91 Å². The van der Waals surface area contributed by atoms with Crippen molar-refractivity contribution in [2.24, 2.45) is 0 Å². The van der Waals surface area contributed by atoms with Crippen LogP contribution in [0.5, 0.6) is 0 Å². The molecule has 0 saturated heterocycles. The SMILES string of the molecule is CCc1ccc(NCC(=O)N(C)Cc2cccs2)cc1. The van der Waals surface area contributed by atoms with Crippen molar-refractivity contribution in [1.29, 1.82) is 0 Å². The fourth-order valence-electron chi connectivity index (χ4n) is 1.90. The van der Waals surface area contributed by atoms with E-state index in [1.165, 1.54) is 10.4 Å². The molecule has 106 valence electrons. The van der Waals surface area contributed by atoms with Gasteiger partial charge in [-0.3, -0.25) is 4.79 Å². The molecule has 0 radical (unpaired) electrons. The van der Waals surface area contributed by atoms with E-state index in [9.17, 15) is 4.79 Å². The molecule has 3 nitrogen and oxygen atoms in total. The van der Waals surface area contributed by atoms with E-state index in [4.69, 9.17) is 0 Å². The molecule has 1 amide bonds. The summed E-state index contributed by atoms with van der Waals surface area (Å²) >= 11 is 1.67. The van der Waals surface area contributed by atoms with Crippen LogP contribution >= 0.6 is 11.3 Å². The number of nitrogens with one attached hydrogen (secondary N) is 1. The van der Waals surface area contributed by atoms with E-state index in [0.29, 0.717) is 13.1 Å². The molecule has 2 rings (SSSR count). The Morgan fingerprint density at radius 1 is 1.25 bits per heavy atom. The van der Waals surface area contributed by atoms with Gasteiger partial charge in [0, 0.05) is 17.6 Å². The van der Waals surface area contributed by atoms with Crippen molar-refractivity contribution in [2.45, 2.75) is 19.9 Å². The second kappa shape index (κ2) is 7.10. The molecule has 20 heavy (non-hydrogen) atoms. The quantitative estimate of drug-likeness (QED) is 0.884. The lowest BCUT2D eigenvalue weighted by molar-refractivity contribution is -0.128. The Morgan fingerprint density at radius 3 is 2.60 bits per heavy atom. The van der Waals surface area contributed by atoms with Gasteiger partial charge in [0.25, 0.3) is 0 Å². The van der Waals surface area contributed by atoms with Gasteiger partial charge >= 0.3 is 0 Å². The molecule has 0 unspecified atom stereocenters. The van der Waals surface area contributed by atoms with Crippen molar-refractivity contribution in [3.8, 4) is 0 Å². The van der Waals surface area contributed by atoms with Crippen LogP contribution in [0.2, 0.25) is 0 Å². The second-order valence-corrected chi connectivity index (χ2v) is 5.77. The number of amides is 1. The van der Waals surface area contributed by atoms with Crippen LogP contribution in [0, 0.1) is 0 Å². The van der Waals surface area contributed by atoms with E-state index in [2.05, 4.69) is 24.4 Å². The van der Waals surface area contributed by atoms with Gasteiger partial charge in [-0.15, -0.1) is 11.3 Å². The Balaban J connectivity index is 1.81. The Morgan fingerprint density at radius 2 is 2.00 bits per heavy atom. The molecular weight excluding hydrogens is 268 g/mol. The highest BCUT2D eigenvalue weighted by Crippen LogP contribution is 2.12. The fraction of sp³-hybridized carbons (Fsp3) is 0.312. The van der Waals surface area contributed by atoms with Gasteiger partial charge in [0.05, 0.1) is 13.1 Å². The summed E-state index contributed by atoms with van der Waals surface area (Å²) in [7, 11) is 1.84. The lowest BCUT2D eigenvalue weighted by Crippen LogP contribution is -2.31. The van der Waals surface area contributed by atoms with Crippen LogP contribution in [0.15, 0.2) is 41.8 Å². The number of hydrogen-bond donors (Lipinski definition) is 1. The number of carbonyl (C=O) groups is 1. The van der Waals surface area contributed by atoms with E-state index in [1.54, 1.807) is 16.2 Å². The van der Waals surface area contributed by atoms with Crippen molar-refractivity contribution in [3.05, 3.63) is 52.2 Å². The number of aryl methyl sites for hydroxylation is 1. The molecule has 0 atom stereocenters. The summed E-state index contributed by atoms with van der Waals surface area (Å²) in [4.78, 5) is 15.0. The molecular formula is C16H20N2OS. The van der Waals surface area contributed by atoms with Crippen LogP contribution < -0.4 is 5.32 Å². The summed E-state index contributed by atoms with van der Waals surface area (Å²) in [6, 6.07) is 12.3. The largest absolute Gasteiger partial charge is 0.376 e. The zero-order valence-electron chi connectivity index (χ0n) is 11.9. The molecule has 0 saturated carbocycles. The van der Waals surface area contributed by atoms with E-state index >= 15 is 0 Å². The summed E-state index contributed by atoms with van der Waals surface area (Å²) in [5.41, 5.74) is 2.29. The summed E-state index contributed by atoms with van der Waals surface area (Å²) in [6.07, 6.45) is 1.03. The number of rotatable bonds is 6. The molecule has 1 aromatic heterocycles. The van der Waals surface area contributed by atoms with Gasteiger partial charge in [-0.25, -0.2) is 0 Å². The Kier molecular flexibility index (Phi) is 5.18. The molecule has 0 spiro atoms. The Labute approximate surface area is 124 Å². The third kappa shape index (κ3) is 4.10. The molecule has 0 aliphatic carbocycles. The predicted molar refractivity (Wildman–Crippen MR) is 85.1 cm³/mol. The minimum atomic E-state index is 0.0953. The monoisotopic (exact) mass is 288 g/mol. The molecule has 0 fully saturated rings. The van der Waals surface area contributed by atoms with Crippen LogP contribution in [-0.4, -0.2) is 24.4 Å². The predicted octanol–water partition coefficient (Wildman–Crippen LogP) is 3.38. The first-order valence-electron chi connectivity index (χ1n) is 6.78. The molecule has 4 heteroatoms. The van der Waals surface area contributed by atoms with Crippen molar-refractivity contribution in [2.75, 3.05) is 18.9 Å². The summed E-state index contributed by atoms with van der Waals surface area (Å²) in [6.45, 7) is 3.13. The van der Waals surface area contributed by atoms with Crippen LogP contribution in [0.4, 0.5) is 5.69 Å². The van der Waals surface area contributed by atoms with Gasteiger partial charge in [-0.05, 0) is 35.6 Å². The number of likely N-dealkylation sites (N-methyl/N-ethyl adjacent to an activating group) is 1. The van der Waals surface area contributed by atoms with Gasteiger partial charge in [0.1, 0.15) is 0 Å². The van der Waals surface area contributed by atoms with Gasteiger partial charge in [-0.2, -0.15) is 0 Å². The highest BCUT2D eigenvalue weighted by atomic mass is 32.1. The summed E-state index contributed by atoms with van der Waals surface area (Å²) in [5.74, 6) is 0.0953. The van der Waals surface area contributed by atoms with Crippen molar-refractivity contribution in [1.82, 2.24) is 4.90 Å². The minimum absolute atomic E-state index is 0.0953. The minimum Gasteiger partial charge on any atom is -0.376 e. The molecule has 0 aliphatic rings.